The lowest BCUT2D eigenvalue weighted by Gasteiger charge is -2.51. The monoisotopic (exact) mass is 1060 g/mol. The van der Waals surface area contributed by atoms with Gasteiger partial charge in [0.2, 0.25) is 0 Å². The number of benzene rings is 1. The summed E-state index contributed by atoms with van der Waals surface area (Å²) in [4.78, 5) is 18.6. The van der Waals surface area contributed by atoms with Gasteiger partial charge in [-0.1, -0.05) is 57.2 Å². The molecule has 1 unspecified atom stereocenters. The lowest BCUT2D eigenvalue weighted by atomic mass is 9.68. The first-order valence-corrected chi connectivity index (χ1v) is 26.9. The Labute approximate surface area is 443 Å². The summed E-state index contributed by atoms with van der Waals surface area (Å²) in [5.74, 6) is -3.25. The van der Waals surface area contributed by atoms with Crippen LogP contribution in [-0.2, 0) is 46.7 Å². The minimum Gasteiger partial charge on any atom is -0.459 e. The predicted octanol–water partition coefficient (Wildman–Crippen LogP) is 4.68. The Balaban J connectivity index is 1.26. The molecular formula is C55H90FN7O12. The third-order valence-electron chi connectivity index (χ3n) is 17.1. The molecule has 0 spiro atoms. The number of nitrogens with zero attached hydrogens (tertiary/aromatic N) is 7. The molecule has 0 aliphatic carbocycles. The number of rotatable bonds is 15. The summed E-state index contributed by atoms with van der Waals surface area (Å²) in [6, 6.07) is 5.91. The number of likely N-dealkylation sites (N-methyl/N-ethyl adjacent to an activating group) is 2. The summed E-state index contributed by atoms with van der Waals surface area (Å²) < 4.78 is 56.3. The first kappa shape index (κ1) is 60.7. The Hall–Kier alpha value is -3.51. The van der Waals surface area contributed by atoms with Crippen molar-refractivity contribution >= 4 is 5.97 Å². The van der Waals surface area contributed by atoms with Crippen LogP contribution in [0.2, 0.25) is 0 Å². The molecule has 19 nitrogen and oxygen atoms in total. The van der Waals surface area contributed by atoms with Gasteiger partial charge in [-0.25, -0.2) is 9.07 Å². The van der Waals surface area contributed by atoms with Gasteiger partial charge in [-0.3, -0.25) is 9.48 Å². The third kappa shape index (κ3) is 13.5. The van der Waals surface area contributed by atoms with Crippen LogP contribution in [0.4, 0.5) is 4.39 Å². The number of esters is 1. The predicted molar refractivity (Wildman–Crippen MR) is 279 cm³/mol. The molecule has 1 aromatic carbocycles. The van der Waals surface area contributed by atoms with Crippen molar-refractivity contribution in [1.29, 1.82) is 0 Å². The van der Waals surface area contributed by atoms with Crippen molar-refractivity contribution in [3.8, 4) is 11.1 Å². The highest BCUT2D eigenvalue weighted by Crippen LogP contribution is 2.45. The van der Waals surface area contributed by atoms with Gasteiger partial charge in [-0.15, -0.1) is 5.10 Å². The van der Waals surface area contributed by atoms with Gasteiger partial charge in [0.25, 0.3) is 0 Å². The molecular weight excluding hydrogens is 970 g/mol. The van der Waals surface area contributed by atoms with Crippen LogP contribution in [-0.4, -0.2) is 198 Å². The Morgan fingerprint density at radius 3 is 2.23 bits per heavy atom. The first-order valence-electron chi connectivity index (χ1n) is 26.9. The molecule has 3 aliphatic rings. The van der Waals surface area contributed by atoms with Crippen LogP contribution in [0.5, 0.6) is 0 Å². The fourth-order valence-electron chi connectivity index (χ4n) is 12.5. The number of aryl methyl sites for hydroxylation is 1. The zero-order valence-corrected chi connectivity index (χ0v) is 47.1. The highest BCUT2D eigenvalue weighted by Gasteiger charge is 2.55. The lowest BCUT2D eigenvalue weighted by Crippen LogP contribution is -2.62. The van der Waals surface area contributed by atoms with Crippen LogP contribution >= 0.6 is 0 Å². The molecule has 20 atom stereocenters. The van der Waals surface area contributed by atoms with E-state index in [1.54, 1.807) is 65.7 Å². The van der Waals surface area contributed by atoms with E-state index < -0.39 is 120 Å². The summed E-state index contributed by atoms with van der Waals surface area (Å²) in [7, 11) is 8.67. The van der Waals surface area contributed by atoms with E-state index >= 15 is 0 Å². The second kappa shape index (κ2) is 25.1. The summed E-state index contributed by atoms with van der Waals surface area (Å²) in [6.45, 7) is 17.9. The number of aliphatic hydroxyl groups excluding tert-OH is 3. The topological polar surface area (TPSA) is 229 Å². The van der Waals surface area contributed by atoms with Gasteiger partial charge in [0, 0.05) is 83.2 Å². The normalized spacial score (nSPS) is 38.9. The van der Waals surface area contributed by atoms with Gasteiger partial charge in [0.05, 0.1) is 53.4 Å². The van der Waals surface area contributed by atoms with E-state index in [2.05, 4.69) is 15.4 Å². The number of methoxy groups -OCH3 is 2. The van der Waals surface area contributed by atoms with E-state index in [4.69, 9.17) is 28.4 Å². The number of aliphatic hydroxyl groups is 5. The second-order valence-electron chi connectivity index (χ2n) is 23.1. The van der Waals surface area contributed by atoms with Crippen molar-refractivity contribution in [2.45, 2.75) is 197 Å². The maximum Gasteiger partial charge on any atom is 0.309 e. The molecule has 3 saturated heterocycles. The number of hydrogen-bond acceptors (Lipinski definition) is 17. The van der Waals surface area contributed by atoms with E-state index in [0.29, 0.717) is 31.6 Å². The summed E-state index contributed by atoms with van der Waals surface area (Å²) in [6.07, 6.45) is -2.51. The van der Waals surface area contributed by atoms with Gasteiger partial charge in [-0.2, -0.15) is 5.10 Å². The molecule has 0 amide bonds. The average Bonchev–Trinajstić information content (AvgIpc) is 4.03. The van der Waals surface area contributed by atoms with E-state index in [-0.39, 0.29) is 31.3 Å². The number of cyclic esters (lactones) is 1. The minimum absolute atomic E-state index is 0.172. The lowest BCUT2D eigenvalue weighted by molar-refractivity contribution is -0.302. The fourth-order valence-corrected chi connectivity index (χ4v) is 12.5. The number of carbonyl (C=O) groups excluding carboxylic acids is 1. The standard InChI is InChI=1S/C55H90FN7O12/c1-16-44-55(10,69)48(65)35(6)61(12)28-31(2)24-53(8,68)50(33(4)45(34(5)51(67)74-44)43-25-54(9,71-15)49(66)36(7)73-43)75-52-46(64)41(23-32(3)72-52)60(11)22-21-40-30-63(59-58-40)42(26-56)47(70-14)38-19-17-37(18-20-38)39-27-57-62(13)29-39/h17-20,27,29-36,41-50,52,64-66,68-69H,16,21-26,28H2,1-15H3/t31-,32-,33+,34-,35-,36+,41+,42-,43?,44-,45+,46-,47-,48-,49+,50-,52+,53-,54-,55-/m1/s1. The Bertz CT molecular complexity index is 2270. The molecule has 5 N–H and O–H groups in total. The maximum absolute atomic E-state index is 14.9. The van der Waals surface area contributed by atoms with Crippen LogP contribution in [0.1, 0.15) is 118 Å². The van der Waals surface area contributed by atoms with Crippen molar-refractivity contribution in [2.24, 2.45) is 30.7 Å². The van der Waals surface area contributed by atoms with Crippen molar-refractivity contribution in [2.75, 3.05) is 48.1 Å². The van der Waals surface area contributed by atoms with Gasteiger partial charge < -0.3 is 63.8 Å². The van der Waals surface area contributed by atoms with Crippen molar-refractivity contribution < 1.29 is 63.1 Å². The average molecular weight is 1060 g/mol. The maximum atomic E-state index is 14.9. The molecule has 3 fully saturated rings. The van der Waals surface area contributed by atoms with Crippen LogP contribution < -0.4 is 0 Å². The summed E-state index contributed by atoms with van der Waals surface area (Å²) >= 11 is 0. The molecule has 0 bridgehead atoms. The molecule has 6 rings (SSSR count). The van der Waals surface area contributed by atoms with Gasteiger partial charge in [-0.05, 0) is 97.9 Å². The smallest absolute Gasteiger partial charge is 0.309 e. The first-order chi connectivity index (χ1) is 35.2. The zero-order chi connectivity index (χ0) is 55.5. The van der Waals surface area contributed by atoms with E-state index in [0.717, 1.165) is 16.7 Å². The summed E-state index contributed by atoms with van der Waals surface area (Å²) in [5.41, 5.74) is -1.18. The summed E-state index contributed by atoms with van der Waals surface area (Å²) in [5, 5.41) is 73.3. The van der Waals surface area contributed by atoms with Gasteiger partial charge in [0.1, 0.15) is 48.8 Å². The number of alkyl halides is 1. The number of aromatic nitrogens is 5. The molecule has 3 aromatic rings. The van der Waals surface area contributed by atoms with E-state index in [9.17, 15) is 34.7 Å². The number of halogens is 1. The van der Waals surface area contributed by atoms with Crippen molar-refractivity contribution in [3.63, 3.8) is 0 Å². The van der Waals surface area contributed by atoms with Crippen LogP contribution in [0.25, 0.3) is 11.1 Å². The highest BCUT2D eigenvalue weighted by atomic mass is 19.1. The van der Waals surface area contributed by atoms with Crippen LogP contribution in [0, 0.1) is 23.7 Å². The quantitative estimate of drug-likeness (QED) is 0.130. The number of hydrogen-bond donors (Lipinski definition) is 5. The second-order valence-corrected chi connectivity index (χ2v) is 23.1. The molecule has 3 aliphatic heterocycles. The molecule has 0 radical (unpaired) electrons. The minimum atomic E-state index is -1.83. The SMILES string of the molecule is CC[C@H]1OC(=O)[C@H](C)[C@@H](C2C[C@@](C)(OC)[C@@H](O)[C@H](C)O2)[C@H](C)[C@@H](O[C@@H]2O[C@H](C)C[C@H](N(C)CCc3cn([C@H](CF)[C@H](OC)c4ccc(-c5cnn(C)c5)cc4)nn3)[C@H]2O)[C@](C)(O)C[C@@H](C)CN(C)[C@H](C)[C@@H](O)[C@]1(C)O. The molecule has 5 heterocycles. The van der Waals surface area contributed by atoms with E-state index in [1.165, 1.54) is 18.7 Å². The Kier molecular flexibility index (Phi) is 20.3. The molecule has 424 valence electrons. The number of ether oxygens (including phenoxy) is 6. The van der Waals surface area contributed by atoms with Gasteiger partial charge in [0.15, 0.2) is 6.29 Å². The van der Waals surface area contributed by atoms with Crippen LogP contribution in [0.15, 0.2) is 42.9 Å². The largest absolute Gasteiger partial charge is 0.459 e. The third-order valence-corrected chi connectivity index (χ3v) is 17.1. The molecule has 2 aromatic heterocycles. The van der Waals surface area contributed by atoms with Crippen molar-refractivity contribution in [3.05, 3.63) is 54.1 Å². The highest BCUT2D eigenvalue weighted by molar-refractivity contribution is 5.73. The van der Waals surface area contributed by atoms with Crippen LogP contribution in [0.3, 0.4) is 0 Å². The fraction of sp³-hybridized carbons (Fsp3) is 0.782. The Morgan fingerprint density at radius 2 is 1.63 bits per heavy atom. The molecule has 20 heteroatoms. The zero-order valence-electron chi connectivity index (χ0n) is 47.1. The van der Waals surface area contributed by atoms with Gasteiger partial charge >= 0.3 is 5.97 Å². The Morgan fingerprint density at radius 1 is 0.947 bits per heavy atom. The van der Waals surface area contributed by atoms with E-state index in [1.807, 2.05) is 82.2 Å². The molecule has 0 saturated carbocycles. The number of carbonyl (C=O) groups is 1. The van der Waals surface area contributed by atoms with Crippen molar-refractivity contribution in [1.82, 2.24) is 34.6 Å². The molecule has 75 heavy (non-hydrogen) atoms.